The van der Waals surface area contributed by atoms with E-state index in [1.165, 1.54) is 5.56 Å². The van der Waals surface area contributed by atoms with Gasteiger partial charge in [0.1, 0.15) is 0 Å². The molecule has 0 aliphatic rings. The monoisotopic (exact) mass is 235 g/mol. The van der Waals surface area contributed by atoms with Gasteiger partial charge in [-0.3, -0.25) is 5.43 Å². The summed E-state index contributed by atoms with van der Waals surface area (Å²) < 4.78 is 0. The van der Waals surface area contributed by atoms with Gasteiger partial charge in [0.25, 0.3) is 0 Å². The van der Waals surface area contributed by atoms with Crippen LogP contribution >= 0.6 is 12.2 Å². The third-order valence-corrected chi connectivity index (χ3v) is 2.53. The highest BCUT2D eigenvalue weighted by molar-refractivity contribution is 7.80. The summed E-state index contributed by atoms with van der Waals surface area (Å²) in [5.41, 5.74) is 6.18. The lowest BCUT2D eigenvalue weighted by Gasteiger charge is -2.06. The molecule has 86 valence electrons. The molecule has 1 aromatic rings. The van der Waals surface area contributed by atoms with Gasteiger partial charge in [-0.1, -0.05) is 36.8 Å². The maximum atomic E-state index is 4.96. The Morgan fingerprint density at radius 3 is 2.44 bits per heavy atom. The van der Waals surface area contributed by atoms with Crippen molar-refractivity contribution < 1.29 is 0 Å². The number of rotatable bonds is 3. The van der Waals surface area contributed by atoms with E-state index in [-0.39, 0.29) is 0 Å². The van der Waals surface area contributed by atoms with Crippen LogP contribution in [0.5, 0.6) is 0 Å². The topological polar surface area (TPSA) is 36.4 Å². The molecule has 1 aromatic carbocycles. The van der Waals surface area contributed by atoms with Crippen molar-refractivity contribution in [3.05, 3.63) is 35.4 Å². The second-order valence-electron chi connectivity index (χ2n) is 3.47. The predicted molar refractivity (Wildman–Crippen MR) is 72.8 cm³/mol. The minimum Gasteiger partial charge on any atom is -0.364 e. The molecule has 0 aromatic heterocycles. The molecule has 0 heterocycles. The molecule has 0 radical (unpaired) electrons. The van der Waals surface area contributed by atoms with Crippen molar-refractivity contribution in [1.82, 2.24) is 10.7 Å². The molecule has 0 unspecified atom stereocenters. The Labute approximate surface area is 102 Å². The molecule has 0 spiro atoms. The maximum Gasteiger partial charge on any atom is 0.186 e. The van der Waals surface area contributed by atoms with E-state index in [9.17, 15) is 0 Å². The number of nitrogens with zero attached hydrogens (tertiary/aromatic N) is 1. The molecule has 0 aliphatic carbocycles. The van der Waals surface area contributed by atoms with Crippen LogP contribution < -0.4 is 10.7 Å². The summed E-state index contributed by atoms with van der Waals surface area (Å²) in [4.78, 5) is 0. The van der Waals surface area contributed by atoms with Gasteiger partial charge < -0.3 is 5.32 Å². The van der Waals surface area contributed by atoms with Crippen LogP contribution in [0, 0.1) is 6.92 Å². The number of aryl methyl sites for hydroxylation is 1. The number of thiocarbonyl (C=S) groups is 1. The van der Waals surface area contributed by atoms with Gasteiger partial charge in [0.15, 0.2) is 5.11 Å². The molecule has 0 saturated heterocycles. The zero-order valence-corrected chi connectivity index (χ0v) is 10.7. The van der Waals surface area contributed by atoms with Crippen molar-refractivity contribution >= 4 is 23.0 Å². The van der Waals surface area contributed by atoms with Crippen LogP contribution in [0.15, 0.2) is 29.4 Å². The summed E-state index contributed by atoms with van der Waals surface area (Å²) in [7, 11) is 1.77. The maximum absolute atomic E-state index is 4.96. The molecule has 0 amide bonds. The lowest BCUT2D eigenvalue weighted by molar-refractivity contribution is 0.965. The summed E-state index contributed by atoms with van der Waals surface area (Å²) in [5, 5.41) is 7.62. The van der Waals surface area contributed by atoms with Gasteiger partial charge >= 0.3 is 0 Å². The SMILES string of the molecule is CC/C(=N/NC(=S)NC)c1ccc(C)cc1. The number of benzene rings is 1. The quantitative estimate of drug-likeness (QED) is 0.479. The van der Waals surface area contributed by atoms with Crippen LogP contribution in [-0.4, -0.2) is 17.9 Å². The fraction of sp³-hybridized carbons (Fsp3) is 0.333. The van der Waals surface area contributed by atoms with Crippen molar-refractivity contribution in [3.8, 4) is 0 Å². The van der Waals surface area contributed by atoms with Gasteiger partial charge in [-0.25, -0.2) is 0 Å². The van der Waals surface area contributed by atoms with Crippen LogP contribution in [0.3, 0.4) is 0 Å². The normalized spacial score (nSPS) is 11.1. The predicted octanol–water partition coefficient (Wildman–Crippen LogP) is 2.20. The summed E-state index contributed by atoms with van der Waals surface area (Å²) >= 11 is 4.96. The highest BCUT2D eigenvalue weighted by Crippen LogP contribution is 2.06. The van der Waals surface area contributed by atoms with Gasteiger partial charge in [0.05, 0.1) is 5.71 Å². The lowest BCUT2D eigenvalue weighted by atomic mass is 10.1. The Bertz CT molecular complexity index is 382. The van der Waals surface area contributed by atoms with E-state index < -0.39 is 0 Å². The van der Waals surface area contributed by atoms with E-state index in [4.69, 9.17) is 12.2 Å². The summed E-state index contributed by atoms with van der Waals surface area (Å²) in [6, 6.07) is 8.30. The second kappa shape index (κ2) is 6.23. The zero-order valence-electron chi connectivity index (χ0n) is 9.87. The standard InChI is InChI=1S/C12H17N3S/c1-4-11(14-15-12(16)13-3)10-7-5-9(2)6-8-10/h5-8H,4H2,1-3H3,(H2,13,15,16)/b14-11-. The molecule has 3 nitrogen and oxygen atoms in total. The van der Waals surface area contributed by atoms with Crippen molar-refractivity contribution in [1.29, 1.82) is 0 Å². The Morgan fingerprint density at radius 1 is 1.31 bits per heavy atom. The third kappa shape index (κ3) is 3.62. The number of hydrazone groups is 1. The van der Waals surface area contributed by atoms with Gasteiger partial charge in [0, 0.05) is 7.05 Å². The Balaban J connectivity index is 2.81. The summed E-state index contributed by atoms with van der Waals surface area (Å²) in [5.74, 6) is 0. The molecule has 4 heteroatoms. The molecule has 1 rings (SSSR count). The minimum absolute atomic E-state index is 0.526. The highest BCUT2D eigenvalue weighted by Gasteiger charge is 2.00. The van der Waals surface area contributed by atoms with E-state index >= 15 is 0 Å². The van der Waals surface area contributed by atoms with E-state index in [1.807, 2.05) is 0 Å². The van der Waals surface area contributed by atoms with Gasteiger partial charge in [0.2, 0.25) is 0 Å². The largest absolute Gasteiger partial charge is 0.364 e. The number of hydrogen-bond acceptors (Lipinski definition) is 2. The van der Waals surface area contributed by atoms with Crippen molar-refractivity contribution in [3.63, 3.8) is 0 Å². The molecule has 2 N–H and O–H groups in total. The molecular formula is C12H17N3S. The Kier molecular flexibility index (Phi) is 4.92. The summed E-state index contributed by atoms with van der Waals surface area (Å²) in [6.07, 6.45) is 0.863. The first-order chi connectivity index (χ1) is 7.67. The van der Waals surface area contributed by atoms with Crippen LogP contribution in [0.25, 0.3) is 0 Å². The van der Waals surface area contributed by atoms with Gasteiger partial charge in [-0.05, 0) is 31.1 Å². The van der Waals surface area contributed by atoms with Crippen LogP contribution in [0.2, 0.25) is 0 Å². The van der Waals surface area contributed by atoms with Crippen LogP contribution in [0.4, 0.5) is 0 Å². The Morgan fingerprint density at radius 2 is 1.94 bits per heavy atom. The minimum atomic E-state index is 0.526. The Hall–Kier alpha value is -1.42. The van der Waals surface area contributed by atoms with Crippen molar-refractivity contribution in [2.24, 2.45) is 5.10 Å². The van der Waals surface area contributed by atoms with Gasteiger partial charge in [-0.2, -0.15) is 5.10 Å². The highest BCUT2D eigenvalue weighted by atomic mass is 32.1. The number of nitrogens with one attached hydrogen (secondary N) is 2. The number of hydrogen-bond donors (Lipinski definition) is 2. The van der Waals surface area contributed by atoms with Crippen molar-refractivity contribution in [2.75, 3.05) is 7.05 Å². The average molecular weight is 235 g/mol. The molecule has 16 heavy (non-hydrogen) atoms. The zero-order chi connectivity index (χ0) is 12.0. The summed E-state index contributed by atoms with van der Waals surface area (Å²) in [6.45, 7) is 4.14. The van der Waals surface area contributed by atoms with Gasteiger partial charge in [-0.15, -0.1) is 0 Å². The first kappa shape index (κ1) is 12.6. The smallest absolute Gasteiger partial charge is 0.186 e. The van der Waals surface area contributed by atoms with E-state index in [1.54, 1.807) is 7.05 Å². The van der Waals surface area contributed by atoms with E-state index in [0.29, 0.717) is 5.11 Å². The molecule has 0 bridgehead atoms. The van der Waals surface area contributed by atoms with Crippen LogP contribution in [-0.2, 0) is 0 Å². The first-order valence-corrected chi connectivity index (χ1v) is 5.69. The molecule has 0 aliphatic heterocycles. The third-order valence-electron chi connectivity index (χ3n) is 2.24. The molecule has 0 saturated carbocycles. The fourth-order valence-electron chi connectivity index (χ4n) is 1.27. The van der Waals surface area contributed by atoms with Crippen molar-refractivity contribution in [2.45, 2.75) is 20.3 Å². The van der Waals surface area contributed by atoms with Crippen LogP contribution in [0.1, 0.15) is 24.5 Å². The van der Waals surface area contributed by atoms with E-state index in [2.05, 4.69) is 54.0 Å². The lowest BCUT2D eigenvalue weighted by Crippen LogP contribution is -2.29. The second-order valence-corrected chi connectivity index (χ2v) is 3.88. The molecule has 0 atom stereocenters. The first-order valence-electron chi connectivity index (χ1n) is 5.28. The fourth-order valence-corrected chi connectivity index (χ4v) is 1.31. The molecule has 0 fully saturated rings. The van der Waals surface area contributed by atoms with E-state index in [0.717, 1.165) is 17.7 Å². The average Bonchev–Trinajstić information content (AvgIpc) is 2.31. The molecular weight excluding hydrogens is 218 g/mol.